The number of carbonyl (C=O) groups excluding carboxylic acids is 1. The van der Waals surface area contributed by atoms with Gasteiger partial charge in [-0.15, -0.1) is 0 Å². The van der Waals surface area contributed by atoms with Crippen molar-refractivity contribution < 1.29 is 4.79 Å². The molecule has 0 N–H and O–H groups in total. The fraction of sp³-hybridized carbons (Fsp3) is 0.214. The highest BCUT2D eigenvalue weighted by Gasteiger charge is 2.07. The van der Waals surface area contributed by atoms with Crippen molar-refractivity contribution in [3.05, 3.63) is 60.3 Å². The smallest absolute Gasteiger partial charge is 0.192 e. The maximum absolute atomic E-state index is 11.9. The van der Waals surface area contributed by atoms with E-state index >= 15 is 0 Å². The van der Waals surface area contributed by atoms with E-state index in [1.54, 1.807) is 24.3 Å². The molecule has 80 valence electrons. The predicted octanol–water partition coefficient (Wildman–Crippen LogP) is 3.77. The van der Waals surface area contributed by atoms with Gasteiger partial charge in [0.2, 0.25) is 0 Å². The summed E-state index contributed by atoms with van der Waals surface area (Å²) in [5.74, 6) is 0.00343. The molecule has 0 aromatic heterocycles. The van der Waals surface area contributed by atoms with Crippen LogP contribution in [0.1, 0.15) is 20.8 Å². The lowest BCUT2D eigenvalue weighted by Crippen LogP contribution is -2.02. The van der Waals surface area contributed by atoms with Gasteiger partial charge in [-0.25, -0.2) is 0 Å². The molecule has 0 aromatic carbocycles. The Bertz CT molecular complexity index is 338. The first-order valence-electron chi connectivity index (χ1n) is 5.00. The molecule has 0 aliphatic heterocycles. The maximum Gasteiger partial charge on any atom is 0.192 e. The molecule has 0 aliphatic rings. The molecule has 0 bridgehead atoms. The summed E-state index contributed by atoms with van der Waals surface area (Å²) in [6.07, 6.45) is 12.5. The summed E-state index contributed by atoms with van der Waals surface area (Å²) in [5, 5.41) is 0. The van der Waals surface area contributed by atoms with Crippen LogP contribution in [0.4, 0.5) is 0 Å². The highest BCUT2D eigenvalue weighted by molar-refractivity contribution is 6.11. The van der Waals surface area contributed by atoms with Gasteiger partial charge in [0.1, 0.15) is 0 Å². The van der Waals surface area contributed by atoms with Crippen LogP contribution in [0.25, 0.3) is 0 Å². The summed E-state index contributed by atoms with van der Waals surface area (Å²) < 4.78 is 0. The molecule has 0 saturated heterocycles. The number of ketones is 1. The fourth-order valence-corrected chi connectivity index (χ4v) is 1.09. The molecule has 0 aromatic rings. The van der Waals surface area contributed by atoms with Crippen molar-refractivity contribution in [1.82, 2.24) is 0 Å². The monoisotopic (exact) mass is 202 g/mol. The minimum Gasteiger partial charge on any atom is -0.289 e. The minimum absolute atomic E-state index is 0.00343. The van der Waals surface area contributed by atoms with Crippen molar-refractivity contribution in [3.8, 4) is 0 Å². The molecule has 0 unspecified atom stereocenters. The molecule has 0 spiro atoms. The zero-order valence-electron chi connectivity index (χ0n) is 9.66. The number of hydrogen-bond acceptors (Lipinski definition) is 1. The van der Waals surface area contributed by atoms with E-state index < -0.39 is 0 Å². The van der Waals surface area contributed by atoms with Gasteiger partial charge in [0, 0.05) is 11.1 Å². The zero-order chi connectivity index (χ0) is 11.7. The van der Waals surface area contributed by atoms with Gasteiger partial charge >= 0.3 is 0 Å². The Morgan fingerprint density at radius 1 is 1.07 bits per heavy atom. The third kappa shape index (κ3) is 4.41. The topological polar surface area (TPSA) is 17.1 Å². The molecule has 0 saturated carbocycles. The molecule has 0 fully saturated rings. The number of Topliss-reactive ketones (excluding diaryl/α,β-unsaturated/α-hetero) is 1. The summed E-state index contributed by atoms with van der Waals surface area (Å²) in [6.45, 7) is 9.25. The van der Waals surface area contributed by atoms with Crippen LogP contribution < -0.4 is 0 Å². The SMILES string of the molecule is C=C/C(=C\C)C(=O)C(/C=C\C)=C/C=C\C. The summed E-state index contributed by atoms with van der Waals surface area (Å²) in [5.41, 5.74) is 1.30. The average molecular weight is 202 g/mol. The van der Waals surface area contributed by atoms with E-state index in [4.69, 9.17) is 0 Å². The van der Waals surface area contributed by atoms with Crippen molar-refractivity contribution in [2.75, 3.05) is 0 Å². The number of hydrogen-bond donors (Lipinski definition) is 0. The summed E-state index contributed by atoms with van der Waals surface area (Å²) in [6, 6.07) is 0. The molecule has 0 heterocycles. The van der Waals surface area contributed by atoms with Gasteiger partial charge in [-0.05, 0) is 20.8 Å². The van der Waals surface area contributed by atoms with E-state index in [-0.39, 0.29) is 5.78 Å². The lowest BCUT2D eigenvalue weighted by molar-refractivity contribution is -0.111. The molecule has 1 nitrogen and oxygen atoms in total. The first kappa shape index (κ1) is 13.4. The maximum atomic E-state index is 11.9. The van der Waals surface area contributed by atoms with E-state index in [9.17, 15) is 4.79 Å². The molecule has 0 atom stereocenters. The second-order valence-corrected chi connectivity index (χ2v) is 2.93. The van der Waals surface area contributed by atoms with Gasteiger partial charge < -0.3 is 0 Å². The van der Waals surface area contributed by atoms with Crippen LogP contribution in [0.15, 0.2) is 60.3 Å². The summed E-state index contributed by atoms with van der Waals surface area (Å²) in [7, 11) is 0. The largest absolute Gasteiger partial charge is 0.289 e. The van der Waals surface area contributed by atoms with E-state index in [1.165, 1.54) is 0 Å². The Kier molecular flexibility index (Phi) is 6.90. The van der Waals surface area contributed by atoms with Crippen molar-refractivity contribution in [1.29, 1.82) is 0 Å². The van der Waals surface area contributed by atoms with Crippen molar-refractivity contribution in [2.45, 2.75) is 20.8 Å². The molecular formula is C14H18O. The van der Waals surface area contributed by atoms with Gasteiger partial charge in [0.15, 0.2) is 5.78 Å². The molecule has 0 aliphatic carbocycles. The molecular weight excluding hydrogens is 184 g/mol. The van der Waals surface area contributed by atoms with Gasteiger partial charge in [0.25, 0.3) is 0 Å². The summed E-state index contributed by atoms with van der Waals surface area (Å²) in [4.78, 5) is 11.9. The van der Waals surface area contributed by atoms with Gasteiger partial charge in [-0.2, -0.15) is 0 Å². The molecule has 15 heavy (non-hydrogen) atoms. The Morgan fingerprint density at radius 3 is 2.13 bits per heavy atom. The normalized spacial score (nSPS) is 13.8. The van der Waals surface area contributed by atoms with Crippen LogP contribution in [0, 0.1) is 0 Å². The number of carbonyl (C=O) groups is 1. The lowest BCUT2D eigenvalue weighted by atomic mass is 10.0. The van der Waals surface area contributed by atoms with Gasteiger partial charge in [-0.3, -0.25) is 4.79 Å². The fourth-order valence-electron chi connectivity index (χ4n) is 1.09. The molecule has 0 amide bonds. The number of allylic oxidation sites excluding steroid dienone is 9. The molecule has 1 heteroatoms. The second-order valence-electron chi connectivity index (χ2n) is 2.93. The van der Waals surface area contributed by atoms with E-state index in [2.05, 4.69) is 6.58 Å². The Morgan fingerprint density at radius 2 is 1.73 bits per heavy atom. The van der Waals surface area contributed by atoms with Crippen molar-refractivity contribution in [3.63, 3.8) is 0 Å². The van der Waals surface area contributed by atoms with Gasteiger partial charge in [-0.1, -0.05) is 49.1 Å². The first-order valence-corrected chi connectivity index (χ1v) is 5.00. The number of rotatable bonds is 5. The van der Waals surface area contributed by atoms with E-state index in [0.29, 0.717) is 11.1 Å². The summed E-state index contributed by atoms with van der Waals surface area (Å²) >= 11 is 0. The third-order valence-corrected chi connectivity index (χ3v) is 1.87. The Labute approximate surface area is 92.2 Å². The molecule has 0 radical (unpaired) electrons. The van der Waals surface area contributed by atoms with Crippen LogP contribution in [0.5, 0.6) is 0 Å². The van der Waals surface area contributed by atoms with Crippen LogP contribution in [0.2, 0.25) is 0 Å². The van der Waals surface area contributed by atoms with Crippen molar-refractivity contribution in [2.24, 2.45) is 0 Å². The van der Waals surface area contributed by atoms with E-state index in [0.717, 1.165) is 0 Å². The molecule has 0 rings (SSSR count). The zero-order valence-corrected chi connectivity index (χ0v) is 9.66. The van der Waals surface area contributed by atoms with Crippen molar-refractivity contribution >= 4 is 5.78 Å². The highest BCUT2D eigenvalue weighted by atomic mass is 16.1. The standard InChI is InChI=1S/C14H18O/c1-5-9-11-13(10-6-2)14(15)12(7-3)8-4/h5-11H,3H2,1-2,4H3/b9-5-,10-6-,12-8+,13-11+. The quantitative estimate of drug-likeness (QED) is 0.490. The van der Waals surface area contributed by atoms with Crippen LogP contribution in [-0.2, 0) is 4.79 Å². The van der Waals surface area contributed by atoms with Crippen LogP contribution >= 0.6 is 0 Å². The average Bonchev–Trinajstić information content (AvgIpc) is 2.25. The van der Waals surface area contributed by atoms with Gasteiger partial charge in [0.05, 0.1) is 0 Å². The predicted molar refractivity (Wildman–Crippen MR) is 66.7 cm³/mol. The van der Waals surface area contributed by atoms with E-state index in [1.807, 2.05) is 39.0 Å². The van der Waals surface area contributed by atoms with Crippen LogP contribution in [-0.4, -0.2) is 5.78 Å². The minimum atomic E-state index is 0.00343. The second kappa shape index (κ2) is 7.74. The lowest BCUT2D eigenvalue weighted by Gasteiger charge is -2.00. The third-order valence-electron chi connectivity index (χ3n) is 1.87. The van der Waals surface area contributed by atoms with Crippen LogP contribution in [0.3, 0.4) is 0 Å². The Hall–Kier alpha value is -1.63. The first-order chi connectivity index (χ1) is 7.21. The highest BCUT2D eigenvalue weighted by Crippen LogP contribution is 2.09. The Balaban J connectivity index is 5.10.